The van der Waals surface area contributed by atoms with Crippen LogP contribution in [0.1, 0.15) is 25.8 Å². The first-order valence-corrected chi connectivity index (χ1v) is 7.91. The van der Waals surface area contributed by atoms with Crippen molar-refractivity contribution in [3.05, 3.63) is 64.0 Å². The van der Waals surface area contributed by atoms with E-state index < -0.39 is 10.7 Å². The molecule has 0 bridgehead atoms. The summed E-state index contributed by atoms with van der Waals surface area (Å²) in [5.41, 5.74) is 1.38. The Balaban J connectivity index is 2.07. The molecule has 0 aliphatic carbocycles. The van der Waals surface area contributed by atoms with Gasteiger partial charge in [0.05, 0.1) is 4.92 Å². The van der Waals surface area contributed by atoms with E-state index in [1.54, 1.807) is 18.2 Å². The van der Waals surface area contributed by atoms with Crippen LogP contribution in [0.4, 0.5) is 21.5 Å². The second-order valence-electron chi connectivity index (χ2n) is 6.12. The first-order chi connectivity index (χ1) is 11.8. The van der Waals surface area contributed by atoms with Crippen molar-refractivity contribution >= 4 is 23.0 Å². The lowest BCUT2D eigenvalue weighted by atomic mass is 10.1. The first kappa shape index (κ1) is 18.4. The number of hydrogen-bond acceptors (Lipinski definition) is 4. The molecule has 7 heteroatoms. The molecule has 0 fully saturated rings. The summed E-state index contributed by atoms with van der Waals surface area (Å²) in [6, 6.07) is 10.4. The van der Waals surface area contributed by atoms with Crippen LogP contribution in [0.25, 0.3) is 0 Å². The number of rotatable bonds is 7. The van der Waals surface area contributed by atoms with Crippen LogP contribution in [0.15, 0.2) is 42.5 Å². The lowest BCUT2D eigenvalue weighted by Crippen LogP contribution is -2.14. The molecule has 2 N–H and O–H groups in total. The maximum Gasteiger partial charge on any atom is 0.292 e. The molecule has 0 heterocycles. The van der Waals surface area contributed by atoms with Gasteiger partial charge in [-0.15, -0.1) is 0 Å². The van der Waals surface area contributed by atoms with Crippen molar-refractivity contribution in [2.45, 2.75) is 26.8 Å². The van der Waals surface area contributed by atoms with E-state index in [0.717, 1.165) is 23.8 Å². The minimum Gasteiger partial charge on any atom is -0.375 e. The summed E-state index contributed by atoms with van der Waals surface area (Å²) < 4.78 is 13.3. The number of nitrogens with zero attached hydrogens (tertiary/aromatic N) is 1. The maximum absolute atomic E-state index is 13.3. The van der Waals surface area contributed by atoms with Gasteiger partial charge in [-0.1, -0.05) is 26.0 Å². The molecular weight excluding hydrogens is 325 g/mol. The van der Waals surface area contributed by atoms with Crippen LogP contribution in [-0.2, 0) is 11.3 Å². The third kappa shape index (κ3) is 5.56. The topological polar surface area (TPSA) is 84.3 Å². The highest BCUT2D eigenvalue weighted by molar-refractivity contribution is 5.90. The van der Waals surface area contributed by atoms with Gasteiger partial charge in [0, 0.05) is 30.8 Å². The predicted molar refractivity (Wildman–Crippen MR) is 94.9 cm³/mol. The van der Waals surface area contributed by atoms with Crippen LogP contribution < -0.4 is 10.6 Å². The fourth-order valence-electron chi connectivity index (χ4n) is 2.35. The quantitative estimate of drug-likeness (QED) is 0.578. The van der Waals surface area contributed by atoms with Gasteiger partial charge in [-0.05, 0) is 29.7 Å². The number of amides is 1. The van der Waals surface area contributed by atoms with E-state index in [1.807, 2.05) is 19.9 Å². The largest absolute Gasteiger partial charge is 0.375 e. The molecule has 2 rings (SSSR count). The summed E-state index contributed by atoms with van der Waals surface area (Å²) in [5, 5.41) is 16.7. The number of halogens is 1. The number of anilines is 2. The molecule has 0 aliphatic rings. The monoisotopic (exact) mass is 345 g/mol. The van der Waals surface area contributed by atoms with Gasteiger partial charge in [-0.2, -0.15) is 0 Å². The Kier molecular flexibility index (Phi) is 6.05. The van der Waals surface area contributed by atoms with Crippen molar-refractivity contribution in [3.8, 4) is 0 Å². The summed E-state index contributed by atoms with van der Waals surface area (Å²) in [7, 11) is 0. The van der Waals surface area contributed by atoms with E-state index in [-0.39, 0.29) is 29.7 Å². The highest BCUT2D eigenvalue weighted by Crippen LogP contribution is 2.25. The zero-order chi connectivity index (χ0) is 18.4. The molecule has 0 aromatic heterocycles. The van der Waals surface area contributed by atoms with E-state index >= 15 is 0 Å². The van der Waals surface area contributed by atoms with Gasteiger partial charge in [-0.3, -0.25) is 14.9 Å². The Morgan fingerprint density at radius 2 is 2.00 bits per heavy atom. The third-order valence-corrected chi connectivity index (χ3v) is 3.44. The van der Waals surface area contributed by atoms with Gasteiger partial charge in [0.1, 0.15) is 11.5 Å². The van der Waals surface area contributed by atoms with Crippen LogP contribution in [0.5, 0.6) is 0 Å². The van der Waals surface area contributed by atoms with Gasteiger partial charge < -0.3 is 10.6 Å². The van der Waals surface area contributed by atoms with Crippen molar-refractivity contribution in [2.75, 3.05) is 10.6 Å². The van der Waals surface area contributed by atoms with Gasteiger partial charge in [0.2, 0.25) is 5.91 Å². The molecule has 0 saturated carbocycles. The Bertz CT molecular complexity index is 778. The Hall–Kier alpha value is -2.96. The standard InChI is InChI=1S/C18H20FN3O3/c1-12(2)8-18(23)21-15-5-3-4-13(9-15)11-20-16-10-14(19)6-7-17(16)22(24)25/h3-7,9-10,12,20H,8,11H2,1-2H3,(H,21,23). The van der Waals surface area contributed by atoms with E-state index in [2.05, 4.69) is 10.6 Å². The average Bonchev–Trinajstić information content (AvgIpc) is 2.52. The maximum atomic E-state index is 13.3. The molecule has 6 nitrogen and oxygen atoms in total. The van der Waals surface area contributed by atoms with Crippen LogP contribution in [0, 0.1) is 21.8 Å². The minimum absolute atomic E-state index is 0.0686. The van der Waals surface area contributed by atoms with Crippen molar-refractivity contribution in [3.63, 3.8) is 0 Å². The normalized spacial score (nSPS) is 10.6. The second kappa shape index (κ2) is 8.23. The fourth-order valence-corrected chi connectivity index (χ4v) is 2.35. The summed E-state index contributed by atoms with van der Waals surface area (Å²) >= 11 is 0. The molecule has 0 saturated heterocycles. The lowest BCUT2D eigenvalue weighted by Gasteiger charge is -2.10. The SMILES string of the molecule is CC(C)CC(=O)Nc1cccc(CNc2cc(F)ccc2[N+](=O)[O-])c1. The number of hydrogen-bond donors (Lipinski definition) is 2. The Morgan fingerprint density at radius 1 is 1.24 bits per heavy atom. The van der Waals surface area contributed by atoms with Crippen LogP contribution >= 0.6 is 0 Å². The van der Waals surface area contributed by atoms with Gasteiger partial charge >= 0.3 is 0 Å². The smallest absolute Gasteiger partial charge is 0.292 e. The summed E-state index contributed by atoms with van der Waals surface area (Å²) in [4.78, 5) is 22.3. The zero-order valence-corrected chi connectivity index (χ0v) is 14.1. The number of carbonyl (C=O) groups excluding carboxylic acids is 1. The fraction of sp³-hybridized carbons (Fsp3) is 0.278. The highest BCUT2D eigenvalue weighted by atomic mass is 19.1. The van der Waals surface area contributed by atoms with Gasteiger partial charge in [-0.25, -0.2) is 4.39 Å². The summed E-state index contributed by atoms with van der Waals surface area (Å²) in [5.74, 6) is -0.359. The minimum atomic E-state index is -0.565. The Labute approximate surface area is 145 Å². The lowest BCUT2D eigenvalue weighted by molar-refractivity contribution is -0.384. The van der Waals surface area contributed by atoms with Crippen molar-refractivity contribution < 1.29 is 14.1 Å². The molecular formula is C18H20FN3O3. The number of benzene rings is 2. The molecule has 0 spiro atoms. The number of nitro benzene ring substituents is 1. The summed E-state index contributed by atoms with van der Waals surface area (Å²) in [6.07, 6.45) is 0.429. The van der Waals surface area contributed by atoms with E-state index in [1.165, 1.54) is 0 Å². The molecule has 132 valence electrons. The molecule has 0 radical (unpaired) electrons. The Morgan fingerprint density at radius 3 is 2.68 bits per heavy atom. The number of nitro groups is 1. The highest BCUT2D eigenvalue weighted by Gasteiger charge is 2.14. The first-order valence-electron chi connectivity index (χ1n) is 7.91. The van der Waals surface area contributed by atoms with Crippen LogP contribution in [0.3, 0.4) is 0 Å². The van der Waals surface area contributed by atoms with Crippen molar-refractivity contribution in [1.29, 1.82) is 0 Å². The van der Waals surface area contributed by atoms with Crippen molar-refractivity contribution in [2.24, 2.45) is 5.92 Å². The molecule has 25 heavy (non-hydrogen) atoms. The molecule has 0 atom stereocenters. The third-order valence-electron chi connectivity index (χ3n) is 3.44. The molecule has 0 aliphatic heterocycles. The molecule has 2 aromatic rings. The van der Waals surface area contributed by atoms with Crippen molar-refractivity contribution in [1.82, 2.24) is 0 Å². The number of nitrogens with one attached hydrogen (secondary N) is 2. The molecule has 0 unspecified atom stereocenters. The second-order valence-corrected chi connectivity index (χ2v) is 6.12. The van der Waals surface area contributed by atoms with Gasteiger partial charge in [0.15, 0.2) is 0 Å². The zero-order valence-electron chi connectivity index (χ0n) is 14.1. The number of carbonyl (C=O) groups is 1. The average molecular weight is 345 g/mol. The van der Waals surface area contributed by atoms with E-state index in [0.29, 0.717) is 12.1 Å². The van der Waals surface area contributed by atoms with Crippen LogP contribution in [-0.4, -0.2) is 10.8 Å². The van der Waals surface area contributed by atoms with E-state index in [4.69, 9.17) is 0 Å². The summed E-state index contributed by atoms with van der Waals surface area (Å²) in [6.45, 7) is 4.19. The predicted octanol–water partition coefficient (Wildman–Crippen LogP) is 4.33. The van der Waals surface area contributed by atoms with Crippen LogP contribution in [0.2, 0.25) is 0 Å². The van der Waals surface area contributed by atoms with E-state index in [9.17, 15) is 19.3 Å². The van der Waals surface area contributed by atoms with Gasteiger partial charge in [0.25, 0.3) is 5.69 Å². The molecule has 2 aromatic carbocycles. The molecule has 1 amide bonds.